The van der Waals surface area contributed by atoms with Gasteiger partial charge in [0.15, 0.2) is 5.78 Å². The van der Waals surface area contributed by atoms with Gasteiger partial charge in [-0.1, -0.05) is 0 Å². The number of hydrogen-bond donors (Lipinski definition) is 1. The number of anilines is 1. The number of carbonyl (C=O) groups is 2. The summed E-state index contributed by atoms with van der Waals surface area (Å²) in [6, 6.07) is 7.12. The maximum Gasteiger partial charge on any atom is 0.410 e. The van der Waals surface area contributed by atoms with E-state index < -0.39 is 5.60 Å². The van der Waals surface area contributed by atoms with Crippen molar-refractivity contribution in [2.75, 3.05) is 18.4 Å². The number of ketones is 1. The first-order valence-electron chi connectivity index (χ1n) is 7.99. The fraction of sp³-hybridized carbons (Fsp3) is 0.500. The Morgan fingerprint density at radius 3 is 2.67 bits per heavy atom. The molecule has 0 aromatic heterocycles. The van der Waals surface area contributed by atoms with Crippen molar-refractivity contribution >= 4 is 17.6 Å². The second kappa shape index (κ2) is 6.91. The molecule has 1 heterocycles. The van der Waals surface area contributed by atoms with Gasteiger partial charge in [-0.2, -0.15) is 5.26 Å². The molecule has 0 bridgehead atoms. The molecule has 0 saturated carbocycles. The molecule has 24 heavy (non-hydrogen) atoms. The lowest BCUT2D eigenvalue weighted by atomic mass is 10.1. The predicted molar refractivity (Wildman–Crippen MR) is 91.0 cm³/mol. The van der Waals surface area contributed by atoms with Gasteiger partial charge in [0.1, 0.15) is 11.7 Å². The molecule has 0 spiro atoms. The first kappa shape index (κ1) is 17.8. The van der Waals surface area contributed by atoms with Crippen molar-refractivity contribution in [1.29, 1.82) is 5.26 Å². The number of nitrogens with zero attached hydrogens (tertiary/aromatic N) is 2. The predicted octanol–water partition coefficient (Wildman–Crippen LogP) is 3.18. The number of nitriles is 1. The first-order chi connectivity index (χ1) is 11.2. The van der Waals surface area contributed by atoms with E-state index in [2.05, 4.69) is 11.4 Å². The third kappa shape index (κ3) is 4.48. The highest BCUT2D eigenvalue weighted by molar-refractivity contribution is 5.95. The minimum absolute atomic E-state index is 0.0202. The standard InChI is InChI=1S/C18H23N3O3/c1-12(22)13-5-6-14(10-19)16(9-13)20-15-7-8-21(11-15)17(23)24-18(2,3)4/h5-6,9,15,20H,7-8,11H2,1-4H3. The van der Waals surface area contributed by atoms with E-state index in [1.54, 1.807) is 23.1 Å². The van der Waals surface area contributed by atoms with Crippen LogP contribution in [0, 0.1) is 11.3 Å². The van der Waals surface area contributed by atoms with Gasteiger partial charge in [0.2, 0.25) is 0 Å². The normalized spacial score (nSPS) is 17.3. The minimum Gasteiger partial charge on any atom is -0.444 e. The molecule has 1 amide bonds. The lowest BCUT2D eigenvalue weighted by molar-refractivity contribution is 0.0293. The number of amides is 1. The zero-order valence-corrected chi connectivity index (χ0v) is 14.5. The van der Waals surface area contributed by atoms with Gasteiger partial charge in [0.05, 0.1) is 11.3 Å². The van der Waals surface area contributed by atoms with Crippen molar-refractivity contribution in [3.63, 3.8) is 0 Å². The Labute approximate surface area is 142 Å². The Hall–Kier alpha value is -2.55. The van der Waals surface area contributed by atoms with E-state index in [0.29, 0.717) is 29.9 Å². The number of hydrogen-bond acceptors (Lipinski definition) is 5. The van der Waals surface area contributed by atoms with E-state index in [4.69, 9.17) is 4.74 Å². The second-order valence-corrected chi connectivity index (χ2v) is 6.98. The Balaban J connectivity index is 2.05. The molecule has 1 aliphatic rings. The largest absolute Gasteiger partial charge is 0.444 e. The number of carbonyl (C=O) groups excluding carboxylic acids is 2. The second-order valence-electron chi connectivity index (χ2n) is 6.98. The molecule has 1 aromatic rings. The Morgan fingerprint density at radius 2 is 2.08 bits per heavy atom. The smallest absolute Gasteiger partial charge is 0.410 e. The van der Waals surface area contributed by atoms with E-state index in [0.717, 1.165) is 6.42 Å². The molecule has 2 rings (SSSR count). The van der Waals surface area contributed by atoms with Crippen LogP contribution in [0.25, 0.3) is 0 Å². The van der Waals surface area contributed by atoms with Crippen molar-refractivity contribution in [2.45, 2.75) is 45.8 Å². The lowest BCUT2D eigenvalue weighted by Crippen LogP contribution is -2.36. The van der Waals surface area contributed by atoms with Crippen LogP contribution in [0.4, 0.5) is 10.5 Å². The Bertz CT molecular complexity index is 686. The van der Waals surface area contributed by atoms with Gasteiger partial charge in [0, 0.05) is 24.7 Å². The van der Waals surface area contributed by atoms with Crippen LogP contribution in [0.3, 0.4) is 0 Å². The van der Waals surface area contributed by atoms with E-state index in [1.807, 2.05) is 20.8 Å². The molecule has 1 atom stereocenters. The van der Waals surface area contributed by atoms with E-state index in [1.165, 1.54) is 6.92 Å². The number of likely N-dealkylation sites (tertiary alicyclic amines) is 1. The van der Waals surface area contributed by atoms with Crippen LogP contribution in [-0.4, -0.2) is 41.5 Å². The summed E-state index contributed by atoms with van der Waals surface area (Å²) >= 11 is 0. The molecule has 1 N–H and O–H groups in total. The summed E-state index contributed by atoms with van der Waals surface area (Å²) < 4.78 is 5.38. The highest BCUT2D eigenvalue weighted by Crippen LogP contribution is 2.22. The van der Waals surface area contributed by atoms with E-state index in [-0.39, 0.29) is 17.9 Å². The Morgan fingerprint density at radius 1 is 1.38 bits per heavy atom. The van der Waals surface area contributed by atoms with Gasteiger partial charge >= 0.3 is 6.09 Å². The fourth-order valence-electron chi connectivity index (χ4n) is 2.57. The SMILES string of the molecule is CC(=O)c1ccc(C#N)c(NC2CCN(C(=O)OC(C)(C)C)C2)c1. The summed E-state index contributed by atoms with van der Waals surface area (Å²) in [7, 11) is 0. The molecule has 1 saturated heterocycles. The molecule has 1 fully saturated rings. The van der Waals surface area contributed by atoms with Gasteiger partial charge in [-0.15, -0.1) is 0 Å². The van der Waals surface area contributed by atoms with Crippen LogP contribution in [0.5, 0.6) is 0 Å². The molecule has 1 aliphatic heterocycles. The topological polar surface area (TPSA) is 82.4 Å². The molecule has 1 aromatic carbocycles. The van der Waals surface area contributed by atoms with Gasteiger partial charge in [-0.05, 0) is 52.3 Å². The quantitative estimate of drug-likeness (QED) is 0.861. The summed E-state index contributed by atoms with van der Waals surface area (Å²) in [5, 5.41) is 12.5. The Kier molecular flexibility index (Phi) is 5.13. The number of ether oxygens (including phenoxy) is 1. The third-order valence-corrected chi connectivity index (χ3v) is 3.75. The summed E-state index contributed by atoms with van der Waals surface area (Å²) in [5.74, 6) is -0.0515. The molecule has 0 radical (unpaired) electrons. The van der Waals surface area contributed by atoms with Crippen molar-refractivity contribution in [1.82, 2.24) is 4.90 Å². The third-order valence-electron chi connectivity index (χ3n) is 3.75. The molecule has 6 heteroatoms. The number of rotatable bonds is 3. The molecular formula is C18H23N3O3. The van der Waals surface area contributed by atoms with Crippen LogP contribution < -0.4 is 5.32 Å². The highest BCUT2D eigenvalue weighted by Gasteiger charge is 2.30. The van der Waals surface area contributed by atoms with Crippen molar-refractivity contribution < 1.29 is 14.3 Å². The summed E-state index contributed by atoms with van der Waals surface area (Å²) in [5.41, 5.74) is 1.14. The number of nitrogens with one attached hydrogen (secondary N) is 1. The van der Waals surface area contributed by atoms with Gasteiger partial charge in [-0.25, -0.2) is 4.79 Å². The average Bonchev–Trinajstić information content (AvgIpc) is 2.94. The molecule has 1 unspecified atom stereocenters. The zero-order valence-electron chi connectivity index (χ0n) is 14.5. The van der Waals surface area contributed by atoms with Crippen LogP contribution in [0.2, 0.25) is 0 Å². The van der Waals surface area contributed by atoms with Crippen molar-refractivity contribution in [3.8, 4) is 6.07 Å². The first-order valence-corrected chi connectivity index (χ1v) is 7.99. The summed E-state index contributed by atoms with van der Waals surface area (Å²) in [6.07, 6.45) is 0.429. The summed E-state index contributed by atoms with van der Waals surface area (Å²) in [4.78, 5) is 25.3. The van der Waals surface area contributed by atoms with Crippen LogP contribution >= 0.6 is 0 Å². The minimum atomic E-state index is -0.521. The summed E-state index contributed by atoms with van der Waals surface area (Å²) in [6.45, 7) is 8.10. The molecule has 6 nitrogen and oxygen atoms in total. The maximum atomic E-state index is 12.1. The van der Waals surface area contributed by atoms with Gasteiger partial charge in [-0.3, -0.25) is 4.79 Å². The van der Waals surface area contributed by atoms with Gasteiger partial charge < -0.3 is 15.0 Å². The van der Waals surface area contributed by atoms with Crippen LogP contribution in [0.15, 0.2) is 18.2 Å². The van der Waals surface area contributed by atoms with Crippen molar-refractivity contribution in [3.05, 3.63) is 29.3 Å². The van der Waals surface area contributed by atoms with Crippen molar-refractivity contribution in [2.24, 2.45) is 0 Å². The molecule has 128 valence electrons. The average molecular weight is 329 g/mol. The molecular weight excluding hydrogens is 306 g/mol. The van der Waals surface area contributed by atoms with Crippen LogP contribution in [-0.2, 0) is 4.74 Å². The van der Waals surface area contributed by atoms with Gasteiger partial charge in [0.25, 0.3) is 0 Å². The van der Waals surface area contributed by atoms with E-state index >= 15 is 0 Å². The lowest BCUT2D eigenvalue weighted by Gasteiger charge is -2.24. The number of benzene rings is 1. The number of Topliss-reactive ketones (excluding diaryl/α,β-unsaturated/α-hetero) is 1. The zero-order chi connectivity index (χ0) is 17.9. The fourth-order valence-corrected chi connectivity index (χ4v) is 2.57. The maximum absolute atomic E-state index is 12.1. The van der Waals surface area contributed by atoms with Crippen LogP contribution in [0.1, 0.15) is 50.0 Å². The van der Waals surface area contributed by atoms with E-state index in [9.17, 15) is 14.9 Å². The monoisotopic (exact) mass is 329 g/mol. The highest BCUT2D eigenvalue weighted by atomic mass is 16.6. The molecule has 0 aliphatic carbocycles.